The second-order valence-corrected chi connectivity index (χ2v) is 5.36. The molecule has 1 saturated carbocycles. The van der Waals surface area contributed by atoms with Crippen LogP contribution in [-0.2, 0) is 4.79 Å². The summed E-state index contributed by atoms with van der Waals surface area (Å²) in [6.45, 7) is -0.0814. The van der Waals surface area contributed by atoms with Crippen molar-refractivity contribution >= 4 is 23.2 Å². The monoisotopic (exact) mass is 295 g/mol. The number of rotatable bonds is 4. The highest BCUT2D eigenvalue weighted by Gasteiger charge is 2.35. The summed E-state index contributed by atoms with van der Waals surface area (Å²) >= 11 is 5.65. The lowest BCUT2D eigenvalue weighted by atomic mass is 10.00. The summed E-state index contributed by atoms with van der Waals surface area (Å²) in [5.41, 5.74) is -0.543. The van der Waals surface area contributed by atoms with Crippen molar-refractivity contribution < 1.29 is 9.18 Å². The Balaban J connectivity index is 1.91. The summed E-state index contributed by atoms with van der Waals surface area (Å²) in [6, 6.07) is 6.36. The van der Waals surface area contributed by atoms with Crippen LogP contribution in [0.15, 0.2) is 18.2 Å². The molecule has 0 atom stereocenters. The Hall–Kier alpha value is -1.80. The van der Waals surface area contributed by atoms with Gasteiger partial charge in [0, 0.05) is 5.02 Å². The highest BCUT2D eigenvalue weighted by molar-refractivity contribution is 6.30. The summed E-state index contributed by atoms with van der Waals surface area (Å²) < 4.78 is 13.5. The number of nitriles is 1. The lowest BCUT2D eigenvalue weighted by Gasteiger charge is -2.22. The highest BCUT2D eigenvalue weighted by Crippen LogP contribution is 2.28. The normalized spacial score (nSPS) is 16.4. The van der Waals surface area contributed by atoms with Gasteiger partial charge in [0.05, 0.1) is 18.3 Å². The Kier molecular flexibility index (Phi) is 4.46. The van der Waals surface area contributed by atoms with Crippen LogP contribution in [0.4, 0.5) is 10.1 Å². The second-order valence-electron chi connectivity index (χ2n) is 4.93. The van der Waals surface area contributed by atoms with Crippen molar-refractivity contribution in [2.24, 2.45) is 0 Å². The predicted molar refractivity (Wildman–Crippen MR) is 74.9 cm³/mol. The fourth-order valence-electron chi connectivity index (χ4n) is 2.36. The number of amides is 1. The minimum atomic E-state index is -0.753. The molecule has 0 spiro atoms. The molecule has 2 N–H and O–H groups in total. The number of hydrogen-bond acceptors (Lipinski definition) is 3. The van der Waals surface area contributed by atoms with Gasteiger partial charge in [0.2, 0.25) is 5.91 Å². The Labute approximate surface area is 121 Å². The van der Waals surface area contributed by atoms with Crippen LogP contribution in [-0.4, -0.2) is 18.0 Å². The molecule has 1 aliphatic rings. The fourth-order valence-corrected chi connectivity index (χ4v) is 2.52. The van der Waals surface area contributed by atoms with Crippen LogP contribution in [0.1, 0.15) is 25.7 Å². The molecule has 1 fully saturated rings. The van der Waals surface area contributed by atoms with Crippen molar-refractivity contribution in [3.8, 4) is 6.07 Å². The number of carbonyl (C=O) groups is 1. The first-order valence-corrected chi connectivity index (χ1v) is 6.84. The third-order valence-corrected chi connectivity index (χ3v) is 3.66. The van der Waals surface area contributed by atoms with Crippen LogP contribution in [0.2, 0.25) is 5.02 Å². The van der Waals surface area contributed by atoms with Crippen LogP contribution in [0, 0.1) is 17.1 Å². The Bertz CT molecular complexity index is 550. The molecule has 0 heterocycles. The Morgan fingerprint density at radius 1 is 1.45 bits per heavy atom. The first kappa shape index (κ1) is 14.6. The SMILES string of the molecule is N#CC1(NC(=O)CNc2ccc(Cl)cc2F)CCCC1. The van der Waals surface area contributed by atoms with Crippen LogP contribution < -0.4 is 10.6 Å². The van der Waals surface area contributed by atoms with Crippen molar-refractivity contribution in [3.63, 3.8) is 0 Å². The van der Waals surface area contributed by atoms with Gasteiger partial charge in [0.25, 0.3) is 0 Å². The van der Waals surface area contributed by atoms with E-state index in [4.69, 9.17) is 16.9 Å². The molecular formula is C14H15ClFN3O. The maximum Gasteiger partial charge on any atom is 0.240 e. The number of nitrogens with zero attached hydrogens (tertiary/aromatic N) is 1. The Morgan fingerprint density at radius 3 is 2.75 bits per heavy atom. The zero-order valence-electron chi connectivity index (χ0n) is 10.9. The van der Waals surface area contributed by atoms with Gasteiger partial charge in [-0.3, -0.25) is 4.79 Å². The number of hydrogen-bond donors (Lipinski definition) is 2. The van der Waals surface area contributed by atoms with Crippen molar-refractivity contribution in [3.05, 3.63) is 29.0 Å². The number of anilines is 1. The lowest BCUT2D eigenvalue weighted by molar-refractivity contribution is -0.120. The molecule has 2 rings (SSSR count). The zero-order chi connectivity index (χ0) is 14.6. The van der Waals surface area contributed by atoms with Crippen molar-refractivity contribution in [1.29, 1.82) is 5.26 Å². The lowest BCUT2D eigenvalue weighted by Crippen LogP contribution is -2.47. The summed E-state index contributed by atoms with van der Waals surface area (Å²) in [4.78, 5) is 11.8. The number of benzene rings is 1. The molecule has 1 aromatic rings. The first-order chi connectivity index (χ1) is 9.54. The maximum atomic E-state index is 13.5. The van der Waals surface area contributed by atoms with E-state index in [1.54, 1.807) is 6.07 Å². The summed E-state index contributed by atoms with van der Waals surface area (Å²) in [5.74, 6) is -0.830. The molecule has 0 saturated heterocycles. The largest absolute Gasteiger partial charge is 0.374 e. The molecule has 0 aliphatic heterocycles. The Morgan fingerprint density at radius 2 is 2.15 bits per heavy atom. The van der Waals surface area contributed by atoms with Gasteiger partial charge in [-0.25, -0.2) is 4.39 Å². The molecule has 1 aromatic carbocycles. The highest BCUT2D eigenvalue weighted by atomic mass is 35.5. The number of nitrogens with one attached hydrogen (secondary N) is 2. The van der Waals surface area contributed by atoms with Gasteiger partial charge in [0.1, 0.15) is 11.4 Å². The minimum absolute atomic E-state index is 0.0814. The third kappa shape index (κ3) is 3.40. The van der Waals surface area contributed by atoms with Crippen LogP contribution in [0.3, 0.4) is 0 Å². The fraction of sp³-hybridized carbons (Fsp3) is 0.429. The standard InChI is InChI=1S/C14H15ClFN3O/c15-10-3-4-12(11(16)7-10)18-8-13(20)19-14(9-17)5-1-2-6-14/h3-4,7,18H,1-2,5-6,8H2,(H,19,20). The molecule has 0 bridgehead atoms. The average molecular weight is 296 g/mol. The van der Waals surface area contributed by atoms with Crippen molar-refractivity contribution in [2.75, 3.05) is 11.9 Å². The minimum Gasteiger partial charge on any atom is -0.374 e. The van der Waals surface area contributed by atoms with E-state index in [2.05, 4.69) is 16.7 Å². The third-order valence-electron chi connectivity index (χ3n) is 3.42. The van der Waals surface area contributed by atoms with Gasteiger partial charge in [-0.1, -0.05) is 11.6 Å². The van der Waals surface area contributed by atoms with Gasteiger partial charge < -0.3 is 10.6 Å². The van der Waals surface area contributed by atoms with Gasteiger partial charge in [-0.15, -0.1) is 0 Å². The van der Waals surface area contributed by atoms with Crippen LogP contribution >= 0.6 is 11.6 Å². The van der Waals surface area contributed by atoms with E-state index < -0.39 is 11.4 Å². The molecule has 106 valence electrons. The van der Waals surface area contributed by atoms with Gasteiger partial charge in [-0.05, 0) is 43.9 Å². The number of halogens is 2. The van der Waals surface area contributed by atoms with Crippen molar-refractivity contribution in [2.45, 2.75) is 31.2 Å². The van der Waals surface area contributed by atoms with E-state index in [9.17, 15) is 9.18 Å². The molecular weight excluding hydrogens is 281 g/mol. The second kappa shape index (κ2) is 6.10. The molecule has 0 radical (unpaired) electrons. The van der Waals surface area contributed by atoms with E-state index in [-0.39, 0.29) is 18.1 Å². The summed E-state index contributed by atoms with van der Waals surface area (Å²) in [6.07, 6.45) is 3.22. The van der Waals surface area contributed by atoms with Crippen LogP contribution in [0.5, 0.6) is 0 Å². The van der Waals surface area contributed by atoms with Gasteiger partial charge in [-0.2, -0.15) is 5.26 Å². The quantitative estimate of drug-likeness (QED) is 0.897. The average Bonchev–Trinajstić information content (AvgIpc) is 2.87. The van der Waals surface area contributed by atoms with Crippen molar-refractivity contribution in [1.82, 2.24) is 5.32 Å². The summed E-state index contributed by atoms with van der Waals surface area (Å²) in [7, 11) is 0. The molecule has 0 unspecified atom stereocenters. The smallest absolute Gasteiger partial charge is 0.240 e. The van der Waals surface area contributed by atoms with Gasteiger partial charge >= 0.3 is 0 Å². The summed E-state index contributed by atoms with van der Waals surface area (Å²) in [5, 5.41) is 14.9. The van der Waals surface area contributed by atoms with E-state index in [1.165, 1.54) is 12.1 Å². The predicted octanol–water partition coefficient (Wildman–Crippen LogP) is 2.84. The van der Waals surface area contributed by atoms with E-state index in [0.717, 1.165) is 12.8 Å². The topological polar surface area (TPSA) is 64.9 Å². The van der Waals surface area contributed by atoms with E-state index in [0.29, 0.717) is 17.9 Å². The molecule has 6 heteroatoms. The molecule has 1 amide bonds. The zero-order valence-corrected chi connectivity index (χ0v) is 11.6. The van der Waals surface area contributed by atoms with E-state index in [1.807, 2.05) is 0 Å². The molecule has 0 aromatic heterocycles. The molecule has 4 nitrogen and oxygen atoms in total. The first-order valence-electron chi connectivity index (χ1n) is 6.46. The molecule has 20 heavy (non-hydrogen) atoms. The van der Waals surface area contributed by atoms with E-state index >= 15 is 0 Å². The van der Waals surface area contributed by atoms with Crippen LogP contribution in [0.25, 0.3) is 0 Å². The van der Waals surface area contributed by atoms with Gasteiger partial charge in [0.15, 0.2) is 0 Å². The maximum absolute atomic E-state index is 13.5. The number of carbonyl (C=O) groups excluding carboxylic acids is 1. The molecule has 1 aliphatic carbocycles.